The van der Waals surface area contributed by atoms with E-state index in [1.54, 1.807) is 31.2 Å². The molecule has 1 aromatic carbocycles. The lowest BCUT2D eigenvalue weighted by Gasteiger charge is -2.15. The number of hydrogen-bond acceptors (Lipinski definition) is 6. The van der Waals surface area contributed by atoms with Crippen molar-refractivity contribution in [3.63, 3.8) is 0 Å². The molecule has 0 aliphatic rings. The van der Waals surface area contributed by atoms with Crippen LogP contribution in [0.5, 0.6) is 0 Å². The summed E-state index contributed by atoms with van der Waals surface area (Å²) in [6, 6.07) is 6.83. The summed E-state index contributed by atoms with van der Waals surface area (Å²) >= 11 is 1.30. The molecule has 1 aromatic heterocycles. The summed E-state index contributed by atoms with van der Waals surface area (Å²) in [6.45, 7) is 8.09. The maximum absolute atomic E-state index is 12.6. The topological polar surface area (TPSA) is 120 Å². The first kappa shape index (κ1) is 22.6. The van der Waals surface area contributed by atoms with Crippen molar-refractivity contribution in [2.75, 3.05) is 5.32 Å². The molecule has 0 unspecified atom stereocenters. The van der Waals surface area contributed by atoms with Gasteiger partial charge in [-0.05, 0) is 31.9 Å². The number of nitrogens with two attached hydrogens (primary N) is 1. The lowest BCUT2D eigenvalue weighted by Crippen LogP contribution is -2.23. The van der Waals surface area contributed by atoms with E-state index < -0.39 is 5.25 Å². The Labute approximate surface area is 174 Å². The number of carbonyl (C=O) groups is 3. The molecular weight excluding hydrogens is 390 g/mol. The highest BCUT2D eigenvalue weighted by Crippen LogP contribution is 2.25. The van der Waals surface area contributed by atoms with Gasteiger partial charge in [-0.15, -0.1) is 10.2 Å². The van der Waals surface area contributed by atoms with Gasteiger partial charge in [0.15, 0.2) is 10.9 Å². The molecule has 2 amide bonds. The summed E-state index contributed by atoms with van der Waals surface area (Å²) in [5.41, 5.74) is 6.36. The number of benzene rings is 1. The zero-order valence-corrected chi connectivity index (χ0v) is 18.0. The Morgan fingerprint density at radius 3 is 2.55 bits per heavy atom. The van der Waals surface area contributed by atoms with Crippen LogP contribution in [0.1, 0.15) is 50.3 Å². The van der Waals surface area contributed by atoms with Crippen LogP contribution in [-0.4, -0.2) is 37.6 Å². The van der Waals surface area contributed by atoms with Gasteiger partial charge in [-0.25, -0.2) is 0 Å². The molecule has 2 rings (SSSR count). The fourth-order valence-electron chi connectivity index (χ4n) is 2.65. The third-order valence-electron chi connectivity index (χ3n) is 4.12. The van der Waals surface area contributed by atoms with Crippen molar-refractivity contribution in [1.82, 2.24) is 14.8 Å². The number of hydrogen-bond donors (Lipinski definition) is 2. The summed E-state index contributed by atoms with van der Waals surface area (Å²) in [4.78, 5) is 35.2. The van der Waals surface area contributed by atoms with Crippen LogP contribution < -0.4 is 11.1 Å². The molecule has 0 aliphatic carbocycles. The average Bonchev–Trinajstić information content (AvgIpc) is 3.00. The number of aromatic nitrogens is 3. The molecule has 2 aromatic rings. The van der Waals surface area contributed by atoms with E-state index in [1.807, 2.05) is 4.57 Å². The smallest absolute Gasteiger partial charge is 0.237 e. The molecule has 0 aliphatic heterocycles. The Morgan fingerprint density at radius 1 is 1.21 bits per heavy atom. The van der Waals surface area contributed by atoms with Gasteiger partial charge in [0.1, 0.15) is 5.82 Å². The highest BCUT2D eigenvalue weighted by Gasteiger charge is 2.21. The van der Waals surface area contributed by atoms with Crippen LogP contribution in [0.25, 0.3) is 0 Å². The van der Waals surface area contributed by atoms with Gasteiger partial charge in [0, 0.05) is 30.6 Å². The molecule has 0 saturated heterocycles. The number of thioether (sulfide) groups is 1. The average molecular weight is 418 g/mol. The van der Waals surface area contributed by atoms with Crippen LogP contribution in [0.4, 0.5) is 5.69 Å². The van der Waals surface area contributed by atoms with Crippen molar-refractivity contribution >= 4 is 35.0 Å². The van der Waals surface area contributed by atoms with E-state index >= 15 is 0 Å². The van der Waals surface area contributed by atoms with E-state index in [-0.39, 0.29) is 24.0 Å². The van der Waals surface area contributed by atoms with Crippen molar-refractivity contribution in [1.29, 1.82) is 0 Å². The summed E-state index contributed by atoms with van der Waals surface area (Å²) in [6.07, 6.45) is 0.609. The Balaban J connectivity index is 2.11. The normalized spacial score (nSPS) is 12.0. The first-order valence-electron chi connectivity index (χ1n) is 9.46. The number of nitrogens with one attached hydrogen (secondary N) is 1. The summed E-state index contributed by atoms with van der Waals surface area (Å²) in [5, 5.41) is 11.4. The van der Waals surface area contributed by atoms with Gasteiger partial charge < -0.3 is 15.6 Å². The fraction of sp³-hybridized carbons (Fsp3) is 0.450. The lowest BCUT2D eigenvalue weighted by atomic mass is 10.1. The van der Waals surface area contributed by atoms with Crippen molar-refractivity contribution in [2.45, 2.75) is 57.5 Å². The Kier molecular flexibility index (Phi) is 7.95. The minimum Gasteiger partial charge on any atom is -0.370 e. The molecule has 8 nitrogen and oxygen atoms in total. The minimum atomic E-state index is -0.435. The van der Waals surface area contributed by atoms with Crippen molar-refractivity contribution in [3.05, 3.63) is 35.7 Å². The Morgan fingerprint density at radius 2 is 1.93 bits per heavy atom. The largest absolute Gasteiger partial charge is 0.370 e. The third-order valence-corrected chi connectivity index (χ3v) is 5.20. The summed E-state index contributed by atoms with van der Waals surface area (Å²) < 4.78 is 1.94. The molecular formula is C20H27N5O3S. The van der Waals surface area contributed by atoms with Crippen LogP contribution in [0.15, 0.2) is 29.4 Å². The van der Waals surface area contributed by atoms with Gasteiger partial charge in [-0.2, -0.15) is 0 Å². The first-order chi connectivity index (χ1) is 13.7. The Bertz CT molecular complexity index is 894. The second kappa shape index (κ2) is 10.2. The molecule has 1 heterocycles. The second-order valence-corrected chi connectivity index (χ2v) is 8.56. The van der Waals surface area contributed by atoms with E-state index in [1.165, 1.54) is 18.7 Å². The number of ketones is 1. The van der Waals surface area contributed by atoms with Crippen LogP contribution in [0, 0.1) is 5.92 Å². The fourth-order valence-corrected chi connectivity index (χ4v) is 3.52. The standard InChI is InChI=1S/C20H27N5O3S/c1-12(2)11-25-18(9-8-17(21)27)23-24-20(25)29-14(4)19(28)22-16-7-5-6-15(10-16)13(3)26/h5-7,10,12,14H,8-9,11H2,1-4H3,(H2,21,27)(H,22,28)/t14-/m0/s1. The zero-order chi connectivity index (χ0) is 21.6. The van der Waals surface area contributed by atoms with E-state index in [0.717, 1.165) is 0 Å². The monoisotopic (exact) mass is 417 g/mol. The SMILES string of the molecule is CC(=O)c1cccc(NC(=O)[C@H](C)Sc2nnc(CCC(N)=O)n2CC(C)C)c1. The number of anilines is 1. The van der Waals surface area contributed by atoms with Gasteiger partial charge >= 0.3 is 0 Å². The van der Waals surface area contributed by atoms with Crippen LogP contribution in [0.3, 0.4) is 0 Å². The van der Waals surface area contributed by atoms with Crippen molar-refractivity contribution in [2.24, 2.45) is 11.7 Å². The molecule has 29 heavy (non-hydrogen) atoms. The lowest BCUT2D eigenvalue weighted by molar-refractivity contribution is -0.118. The van der Waals surface area contributed by atoms with Gasteiger partial charge in [0.2, 0.25) is 11.8 Å². The number of rotatable bonds is 10. The molecule has 0 bridgehead atoms. The predicted molar refractivity (Wildman–Crippen MR) is 113 cm³/mol. The van der Waals surface area contributed by atoms with Crippen LogP contribution >= 0.6 is 11.8 Å². The minimum absolute atomic E-state index is 0.0613. The number of primary amides is 1. The number of aryl methyl sites for hydroxylation is 1. The summed E-state index contributed by atoms with van der Waals surface area (Å²) in [7, 11) is 0. The molecule has 0 saturated carbocycles. The molecule has 0 radical (unpaired) electrons. The van der Waals surface area contributed by atoms with E-state index in [9.17, 15) is 14.4 Å². The maximum Gasteiger partial charge on any atom is 0.237 e. The molecule has 0 fully saturated rings. The molecule has 1 atom stereocenters. The number of amides is 2. The van der Waals surface area contributed by atoms with Gasteiger partial charge in [-0.3, -0.25) is 14.4 Å². The number of Topliss-reactive ketones (excluding diaryl/α,β-unsaturated/α-hetero) is 1. The van der Waals surface area contributed by atoms with Crippen LogP contribution in [0.2, 0.25) is 0 Å². The van der Waals surface area contributed by atoms with Crippen molar-refractivity contribution < 1.29 is 14.4 Å². The van der Waals surface area contributed by atoms with E-state index in [0.29, 0.717) is 41.1 Å². The van der Waals surface area contributed by atoms with E-state index in [2.05, 4.69) is 29.4 Å². The van der Waals surface area contributed by atoms with Crippen molar-refractivity contribution in [3.8, 4) is 0 Å². The quantitative estimate of drug-likeness (QED) is 0.453. The zero-order valence-electron chi connectivity index (χ0n) is 17.1. The highest BCUT2D eigenvalue weighted by atomic mass is 32.2. The number of carbonyl (C=O) groups excluding carboxylic acids is 3. The highest BCUT2D eigenvalue weighted by molar-refractivity contribution is 8.00. The predicted octanol–water partition coefficient (Wildman–Crippen LogP) is 2.67. The summed E-state index contributed by atoms with van der Waals surface area (Å²) in [5.74, 6) is 0.374. The molecule has 3 N–H and O–H groups in total. The van der Waals surface area contributed by atoms with Crippen LogP contribution in [-0.2, 0) is 22.6 Å². The van der Waals surface area contributed by atoms with E-state index in [4.69, 9.17) is 5.73 Å². The third kappa shape index (κ3) is 6.70. The van der Waals surface area contributed by atoms with Gasteiger partial charge in [0.05, 0.1) is 5.25 Å². The molecule has 0 spiro atoms. The Hall–Kier alpha value is -2.68. The van der Waals surface area contributed by atoms with Gasteiger partial charge in [-0.1, -0.05) is 37.7 Å². The second-order valence-electron chi connectivity index (χ2n) is 7.26. The number of nitrogens with zero attached hydrogens (tertiary/aromatic N) is 3. The van der Waals surface area contributed by atoms with Gasteiger partial charge in [0.25, 0.3) is 0 Å². The molecule has 9 heteroatoms. The maximum atomic E-state index is 12.6. The first-order valence-corrected chi connectivity index (χ1v) is 10.3. The molecule has 156 valence electrons.